The van der Waals surface area contributed by atoms with Gasteiger partial charge in [-0.05, 0) is 66.1 Å². The van der Waals surface area contributed by atoms with Crippen LogP contribution in [0, 0.1) is 5.92 Å². The van der Waals surface area contributed by atoms with Crippen LogP contribution >= 0.6 is 0 Å². The molecule has 69 heavy (non-hydrogen) atoms. The van der Waals surface area contributed by atoms with Crippen LogP contribution in [0.4, 0.5) is 0 Å². The lowest BCUT2D eigenvalue weighted by atomic mass is 9.80. The van der Waals surface area contributed by atoms with Crippen LogP contribution in [-0.4, -0.2) is 86.1 Å². The smallest absolute Gasteiger partial charge is 0.193 e. The Bertz CT molecular complexity index is 2290. The third-order valence-corrected chi connectivity index (χ3v) is 13.4. The van der Waals surface area contributed by atoms with Crippen LogP contribution in [-0.2, 0) is 75.7 Å². The molecule has 0 unspecified atom stereocenters. The fourth-order valence-corrected chi connectivity index (χ4v) is 9.07. The normalized spacial score (nSPS) is 25.4. The lowest BCUT2D eigenvalue weighted by Gasteiger charge is -2.48. The van der Waals surface area contributed by atoms with Crippen molar-refractivity contribution in [1.82, 2.24) is 0 Å². The number of carbonyl (C=O) groups is 1. The largest absolute Gasteiger partial charge is 0.501 e. The average molecular weight is 943 g/mol. The maximum atomic E-state index is 14.7. The summed E-state index contributed by atoms with van der Waals surface area (Å²) >= 11 is 0. The van der Waals surface area contributed by atoms with Gasteiger partial charge in [0.25, 0.3) is 0 Å². The van der Waals surface area contributed by atoms with Crippen molar-refractivity contribution in [3.05, 3.63) is 185 Å². The van der Waals surface area contributed by atoms with Gasteiger partial charge in [-0.15, -0.1) is 0 Å². The van der Waals surface area contributed by atoms with E-state index in [9.17, 15) is 9.90 Å². The first-order valence-electron chi connectivity index (χ1n) is 24.2. The maximum Gasteiger partial charge on any atom is 0.193 e. The van der Waals surface area contributed by atoms with Crippen LogP contribution in [0.5, 0.6) is 5.75 Å². The summed E-state index contributed by atoms with van der Waals surface area (Å²) in [6, 6.07) is 47.8. The van der Waals surface area contributed by atoms with E-state index in [-0.39, 0.29) is 25.4 Å². The summed E-state index contributed by atoms with van der Waals surface area (Å²) in [6.45, 7) is 8.37. The molecular weight excluding hydrogens is 873 g/mol. The zero-order valence-corrected chi connectivity index (χ0v) is 40.8. The first-order chi connectivity index (χ1) is 33.5. The SMILES string of the molecule is CO/C(=C\C(=O)[C@@]1(C)O[C@@H]([C@@H](C)CCOCc2ccccc2)[C@H](OCc2ccccc2)C[C@@H]1O)C[C@]1(C)O[C@H](COCc2ccccc2)[C@@H](OCc2ccccc2)C[C@H]1OCc1ccc(OC)cc1. The Morgan fingerprint density at radius 1 is 0.652 bits per heavy atom. The number of hydrogen-bond acceptors (Lipinski definition) is 11. The second-order valence-electron chi connectivity index (χ2n) is 18.6. The Morgan fingerprint density at radius 2 is 1.16 bits per heavy atom. The fraction of sp³-hybridized carbons (Fsp3) is 0.431. The van der Waals surface area contributed by atoms with Crippen molar-refractivity contribution in [3.63, 3.8) is 0 Å². The van der Waals surface area contributed by atoms with E-state index in [1.807, 2.05) is 153 Å². The van der Waals surface area contributed by atoms with E-state index in [0.29, 0.717) is 58.2 Å². The molecule has 2 fully saturated rings. The van der Waals surface area contributed by atoms with Gasteiger partial charge in [0.05, 0.1) is 90.0 Å². The first kappa shape index (κ1) is 51.6. The molecule has 2 heterocycles. The summed E-state index contributed by atoms with van der Waals surface area (Å²) in [5.41, 5.74) is 2.51. The van der Waals surface area contributed by atoms with E-state index >= 15 is 0 Å². The number of ketones is 1. The maximum absolute atomic E-state index is 14.7. The summed E-state index contributed by atoms with van der Waals surface area (Å²) in [7, 11) is 3.18. The Balaban J connectivity index is 1.11. The van der Waals surface area contributed by atoms with Gasteiger partial charge in [-0.1, -0.05) is 140 Å². The molecule has 2 saturated heterocycles. The van der Waals surface area contributed by atoms with Crippen molar-refractivity contribution in [3.8, 4) is 5.75 Å². The highest BCUT2D eigenvalue weighted by Crippen LogP contribution is 2.41. The van der Waals surface area contributed by atoms with E-state index in [1.54, 1.807) is 21.1 Å². The highest BCUT2D eigenvalue weighted by Gasteiger charge is 2.52. The second-order valence-corrected chi connectivity index (χ2v) is 18.6. The number of benzene rings is 5. The number of aliphatic hydroxyl groups is 1. The van der Waals surface area contributed by atoms with Crippen LogP contribution in [0.25, 0.3) is 0 Å². The Morgan fingerprint density at radius 3 is 1.71 bits per heavy atom. The van der Waals surface area contributed by atoms with Gasteiger partial charge in [0.15, 0.2) is 11.4 Å². The molecule has 0 aromatic heterocycles. The molecular formula is C58H70O11. The number of methoxy groups -OCH3 is 2. The van der Waals surface area contributed by atoms with Gasteiger partial charge >= 0.3 is 0 Å². The molecule has 11 nitrogen and oxygen atoms in total. The van der Waals surface area contributed by atoms with E-state index in [1.165, 1.54) is 6.08 Å². The van der Waals surface area contributed by atoms with Crippen LogP contribution in [0.3, 0.4) is 0 Å². The molecule has 5 aromatic carbocycles. The third-order valence-electron chi connectivity index (χ3n) is 13.4. The van der Waals surface area contributed by atoms with Crippen molar-refractivity contribution < 1.29 is 52.5 Å². The topological polar surface area (TPSA) is 120 Å². The van der Waals surface area contributed by atoms with Crippen molar-refractivity contribution in [2.45, 2.75) is 127 Å². The van der Waals surface area contributed by atoms with Crippen molar-refractivity contribution >= 4 is 5.78 Å². The van der Waals surface area contributed by atoms with E-state index in [0.717, 1.165) is 33.6 Å². The number of hydrogen-bond donors (Lipinski definition) is 1. The molecule has 0 saturated carbocycles. The average Bonchev–Trinajstić information content (AvgIpc) is 3.38. The van der Waals surface area contributed by atoms with E-state index in [2.05, 4.69) is 6.92 Å². The molecule has 11 heteroatoms. The molecule has 0 aliphatic carbocycles. The molecule has 1 N–H and O–H groups in total. The third kappa shape index (κ3) is 14.7. The summed E-state index contributed by atoms with van der Waals surface area (Å²) in [5, 5.41) is 11.9. The van der Waals surface area contributed by atoms with Crippen LogP contribution in [0.2, 0.25) is 0 Å². The van der Waals surface area contributed by atoms with Gasteiger partial charge in [0.2, 0.25) is 0 Å². The zero-order chi connectivity index (χ0) is 48.5. The number of aliphatic hydroxyl groups excluding tert-OH is 1. The van der Waals surface area contributed by atoms with E-state index < -0.39 is 53.6 Å². The van der Waals surface area contributed by atoms with Gasteiger partial charge in [-0.3, -0.25) is 4.79 Å². The fourth-order valence-electron chi connectivity index (χ4n) is 9.07. The standard InChI is InChI=1S/C58H70O11/c1-42(30-31-63-36-43-18-10-6-11-19-43)56-51(66-39-46-24-16-9-17-25-46)33-54(60)58(3,69-56)53(59)32-49(62-5)35-57(2)55(67-40-47-26-28-48(61-4)29-27-47)34-50(65-38-45-22-14-8-15-23-45)52(68-57)41-64-37-44-20-12-7-13-21-44/h6-29,32,42,50-52,54-56,60H,30-31,33-41H2,1-5H3/b49-32-/t42-,50-,51+,52+,54-,55+,56-,57-,58+/m0/s1. The van der Waals surface area contributed by atoms with Crippen molar-refractivity contribution in [2.75, 3.05) is 27.4 Å². The summed E-state index contributed by atoms with van der Waals surface area (Å²) in [4.78, 5) is 14.7. The molecule has 7 rings (SSSR count). The van der Waals surface area contributed by atoms with Crippen LogP contribution in [0.1, 0.15) is 74.3 Å². The molecule has 2 aliphatic heterocycles. The first-order valence-corrected chi connectivity index (χ1v) is 24.2. The molecule has 0 spiro atoms. The zero-order valence-electron chi connectivity index (χ0n) is 40.8. The molecule has 368 valence electrons. The minimum absolute atomic E-state index is 0.0803. The summed E-state index contributed by atoms with van der Waals surface area (Å²) in [5.74, 6) is 0.601. The van der Waals surface area contributed by atoms with Crippen LogP contribution < -0.4 is 4.74 Å². The number of rotatable bonds is 25. The predicted octanol–water partition coefficient (Wildman–Crippen LogP) is 10.2. The molecule has 0 bridgehead atoms. The van der Waals surface area contributed by atoms with Gasteiger partial charge in [0.1, 0.15) is 17.6 Å². The molecule has 5 aromatic rings. The second kappa shape index (κ2) is 25.6. The Kier molecular flexibility index (Phi) is 19.1. The van der Waals surface area contributed by atoms with Gasteiger partial charge in [0, 0.05) is 31.9 Å². The quantitative estimate of drug-likeness (QED) is 0.0342. The monoisotopic (exact) mass is 942 g/mol. The van der Waals surface area contributed by atoms with Gasteiger partial charge in [-0.2, -0.15) is 0 Å². The van der Waals surface area contributed by atoms with Gasteiger partial charge < -0.3 is 47.7 Å². The number of ether oxygens (including phenoxy) is 9. The lowest BCUT2D eigenvalue weighted by Crippen LogP contribution is -2.60. The molecule has 0 amide bonds. The highest BCUT2D eigenvalue weighted by atomic mass is 16.6. The van der Waals surface area contributed by atoms with Crippen molar-refractivity contribution in [2.24, 2.45) is 5.92 Å². The predicted molar refractivity (Wildman–Crippen MR) is 264 cm³/mol. The summed E-state index contributed by atoms with van der Waals surface area (Å²) in [6.07, 6.45) is -0.633. The van der Waals surface area contributed by atoms with E-state index in [4.69, 9.17) is 42.6 Å². The molecule has 0 radical (unpaired) electrons. The summed E-state index contributed by atoms with van der Waals surface area (Å²) < 4.78 is 57.7. The Labute approximate surface area is 408 Å². The van der Waals surface area contributed by atoms with Crippen LogP contribution in [0.15, 0.2) is 157 Å². The minimum atomic E-state index is -1.61. The number of carbonyl (C=O) groups excluding carboxylic acids is 1. The molecule has 9 atom stereocenters. The lowest BCUT2D eigenvalue weighted by molar-refractivity contribution is -0.256. The molecule has 2 aliphatic rings. The minimum Gasteiger partial charge on any atom is -0.501 e. The van der Waals surface area contributed by atoms with Crippen molar-refractivity contribution in [1.29, 1.82) is 0 Å². The van der Waals surface area contributed by atoms with Gasteiger partial charge in [-0.25, -0.2) is 0 Å². The Hall–Kier alpha value is -5.21. The highest BCUT2D eigenvalue weighted by molar-refractivity contribution is 5.97.